The van der Waals surface area contributed by atoms with Gasteiger partial charge < -0.3 is 5.11 Å². The van der Waals surface area contributed by atoms with E-state index in [1.807, 2.05) is 0 Å². The first kappa shape index (κ1) is 8.39. The molecule has 0 atom stereocenters. The average molecular weight is 133 g/mol. The molecule has 0 aromatic heterocycles. The molecule has 9 heavy (non-hydrogen) atoms. The Kier molecular flexibility index (Phi) is 5.15. The molecular formula is C5H11NO3. The summed E-state index contributed by atoms with van der Waals surface area (Å²) in [4.78, 5) is 14.7. The van der Waals surface area contributed by atoms with Crippen molar-refractivity contribution in [1.29, 1.82) is 0 Å². The van der Waals surface area contributed by atoms with Gasteiger partial charge in [0.15, 0.2) is 0 Å². The van der Waals surface area contributed by atoms with Crippen LogP contribution in [0.4, 0.5) is 0 Å². The van der Waals surface area contributed by atoms with Gasteiger partial charge in [-0.2, -0.15) is 0 Å². The molecule has 0 spiro atoms. The average Bonchev–Trinajstić information content (AvgIpc) is 1.88. The van der Waals surface area contributed by atoms with Gasteiger partial charge in [-0.05, 0) is 6.92 Å². The van der Waals surface area contributed by atoms with Crippen LogP contribution >= 0.6 is 0 Å². The van der Waals surface area contributed by atoms with Crippen molar-refractivity contribution in [1.82, 2.24) is 5.06 Å². The first-order chi connectivity index (χ1) is 4.35. The van der Waals surface area contributed by atoms with Crippen molar-refractivity contribution >= 4 is 6.41 Å². The molecule has 1 amide bonds. The van der Waals surface area contributed by atoms with Crippen LogP contribution in [0.15, 0.2) is 0 Å². The Bertz CT molecular complexity index is 70.6. The molecule has 0 radical (unpaired) electrons. The first-order valence-corrected chi connectivity index (χ1v) is 2.80. The highest BCUT2D eigenvalue weighted by atomic mass is 16.7. The molecule has 0 aliphatic carbocycles. The highest BCUT2D eigenvalue weighted by Gasteiger charge is 1.96. The molecule has 0 aromatic rings. The van der Waals surface area contributed by atoms with E-state index in [2.05, 4.69) is 0 Å². The van der Waals surface area contributed by atoms with Crippen LogP contribution < -0.4 is 0 Å². The van der Waals surface area contributed by atoms with Crippen LogP contribution in [0.1, 0.15) is 6.92 Å². The van der Waals surface area contributed by atoms with Crippen LogP contribution in [-0.4, -0.2) is 36.3 Å². The SMILES string of the molecule is CCON(C=O)CCO. The number of rotatable bonds is 5. The molecule has 0 saturated carbocycles. The van der Waals surface area contributed by atoms with Crippen molar-refractivity contribution in [3.63, 3.8) is 0 Å². The van der Waals surface area contributed by atoms with Crippen molar-refractivity contribution in [2.24, 2.45) is 0 Å². The molecule has 0 aromatic carbocycles. The lowest BCUT2D eigenvalue weighted by molar-refractivity contribution is -0.172. The molecule has 54 valence electrons. The fourth-order valence-corrected chi connectivity index (χ4v) is 0.412. The number of hydrogen-bond acceptors (Lipinski definition) is 3. The molecule has 0 aliphatic heterocycles. The van der Waals surface area contributed by atoms with Crippen molar-refractivity contribution in [2.45, 2.75) is 6.92 Å². The highest BCUT2D eigenvalue weighted by molar-refractivity contribution is 5.44. The summed E-state index contributed by atoms with van der Waals surface area (Å²) in [5, 5.41) is 9.37. The zero-order valence-electron chi connectivity index (χ0n) is 5.41. The van der Waals surface area contributed by atoms with Gasteiger partial charge in [0, 0.05) is 0 Å². The third kappa shape index (κ3) is 3.93. The van der Waals surface area contributed by atoms with E-state index in [1.54, 1.807) is 6.92 Å². The Labute approximate surface area is 54.0 Å². The summed E-state index contributed by atoms with van der Waals surface area (Å²) in [6.07, 6.45) is 0.541. The Morgan fingerprint density at radius 3 is 2.78 bits per heavy atom. The quantitative estimate of drug-likeness (QED) is 0.402. The van der Waals surface area contributed by atoms with Gasteiger partial charge in [0.2, 0.25) is 6.41 Å². The lowest BCUT2D eigenvalue weighted by Gasteiger charge is -2.12. The summed E-state index contributed by atoms with van der Waals surface area (Å²) in [6.45, 7) is 2.38. The predicted molar refractivity (Wildman–Crippen MR) is 31.5 cm³/mol. The zero-order valence-corrected chi connectivity index (χ0v) is 5.41. The largest absolute Gasteiger partial charge is 0.394 e. The molecule has 0 saturated heterocycles. The maximum Gasteiger partial charge on any atom is 0.233 e. The topological polar surface area (TPSA) is 49.8 Å². The van der Waals surface area contributed by atoms with E-state index < -0.39 is 0 Å². The fraction of sp³-hybridized carbons (Fsp3) is 0.800. The minimum Gasteiger partial charge on any atom is -0.394 e. The number of hydrogen-bond donors (Lipinski definition) is 1. The minimum atomic E-state index is -0.0707. The predicted octanol–water partition coefficient (Wildman–Crippen LogP) is -0.611. The summed E-state index contributed by atoms with van der Waals surface area (Å²) < 4.78 is 0. The van der Waals surface area contributed by atoms with Gasteiger partial charge in [-0.25, -0.2) is 5.06 Å². The normalized spacial score (nSPS) is 9.11. The summed E-state index contributed by atoms with van der Waals surface area (Å²) in [6, 6.07) is 0. The Balaban J connectivity index is 3.29. The van der Waals surface area contributed by atoms with E-state index in [1.165, 1.54) is 0 Å². The standard InChI is InChI=1S/C5H11NO3/c1-2-9-6(5-8)3-4-7/h5,7H,2-4H2,1H3. The Hall–Kier alpha value is -0.610. The summed E-state index contributed by atoms with van der Waals surface area (Å²) in [7, 11) is 0. The molecule has 4 heteroatoms. The van der Waals surface area contributed by atoms with Gasteiger partial charge >= 0.3 is 0 Å². The van der Waals surface area contributed by atoms with Crippen LogP contribution in [0.2, 0.25) is 0 Å². The summed E-state index contributed by atoms with van der Waals surface area (Å²) in [5.74, 6) is 0. The third-order valence-corrected chi connectivity index (χ3v) is 0.733. The number of carbonyl (C=O) groups is 1. The molecule has 0 bridgehead atoms. The van der Waals surface area contributed by atoms with E-state index in [9.17, 15) is 4.79 Å². The third-order valence-electron chi connectivity index (χ3n) is 0.733. The molecule has 0 rings (SSSR count). The van der Waals surface area contributed by atoms with Gasteiger partial charge in [0.1, 0.15) is 0 Å². The maximum atomic E-state index is 9.97. The van der Waals surface area contributed by atoms with Crippen LogP contribution in [-0.2, 0) is 9.63 Å². The van der Waals surface area contributed by atoms with E-state index in [0.717, 1.165) is 5.06 Å². The van der Waals surface area contributed by atoms with Crippen LogP contribution in [0, 0.1) is 0 Å². The molecule has 0 aliphatic rings. The van der Waals surface area contributed by atoms with Crippen molar-refractivity contribution < 1.29 is 14.7 Å². The molecular weight excluding hydrogens is 122 g/mol. The number of carbonyl (C=O) groups excluding carboxylic acids is 1. The Morgan fingerprint density at radius 1 is 1.78 bits per heavy atom. The molecule has 0 unspecified atom stereocenters. The number of aliphatic hydroxyl groups excluding tert-OH is 1. The van der Waals surface area contributed by atoms with E-state index >= 15 is 0 Å². The monoisotopic (exact) mass is 133 g/mol. The van der Waals surface area contributed by atoms with E-state index in [4.69, 9.17) is 9.94 Å². The summed E-state index contributed by atoms with van der Waals surface area (Å²) in [5.41, 5.74) is 0. The Morgan fingerprint density at radius 2 is 2.44 bits per heavy atom. The minimum absolute atomic E-state index is 0.0707. The van der Waals surface area contributed by atoms with Crippen LogP contribution in [0.3, 0.4) is 0 Å². The fourth-order valence-electron chi connectivity index (χ4n) is 0.412. The smallest absolute Gasteiger partial charge is 0.233 e. The van der Waals surface area contributed by atoms with Crippen molar-refractivity contribution in [3.8, 4) is 0 Å². The van der Waals surface area contributed by atoms with E-state index in [-0.39, 0.29) is 13.2 Å². The summed E-state index contributed by atoms with van der Waals surface area (Å²) >= 11 is 0. The van der Waals surface area contributed by atoms with Gasteiger partial charge in [0.05, 0.1) is 19.8 Å². The lowest BCUT2D eigenvalue weighted by atomic mass is 10.7. The van der Waals surface area contributed by atoms with Crippen molar-refractivity contribution in [2.75, 3.05) is 19.8 Å². The van der Waals surface area contributed by atoms with Gasteiger partial charge in [0.25, 0.3) is 0 Å². The highest BCUT2D eigenvalue weighted by Crippen LogP contribution is 1.82. The van der Waals surface area contributed by atoms with E-state index in [0.29, 0.717) is 13.0 Å². The van der Waals surface area contributed by atoms with Gasteiger partial charge in [-0.15, -0.1) is 0 Å². The molecule has 1 N–H and O–H groups in total. The number of hydroxylamine groups is 2. The lowest BCUT2D eigenvalue weighted by Crippen LogP contribution is -2.25. The van der Waals surface area contributed by atoms with Crippen LogP contribution in [0.25, 0.3) is 0 Å². The number of amides is 1. The first-order valence-electron chi connectivity index (χ1n) is 2.80. The number of aliphatic hydroxyl groups is 1. The van der Waals surface area contributed by atoms with Crippen molar-refractivity contribution in [3.05, 3.63) is 0 Å². The van der Waals surface area contributed by atoms with Crippen LogP contribution in [0.5, 0.6) is 0 Å². The second kappa shape index (κ2) is 5.53. The second-order valence-corrected chi connectivity index (χ2v) is 1.39. The molecule has 0 heterocycles. The molecule has 0 fully saturated rings. The number of nitrogens with zero attached hydrogens (tertiary/aromatic N) is 1. The van der Waals surface area contributed by atoms with Gasteiger partial charge in [-0.1, -0.05) is 0 Å². The second-order valence-electron chi connectivity index (χ2n) is 1.39. The maximum absolute atomic E-state index is 9.97. The zero-order chi connectivity index (χ0) is 7.11. The van der Waals surface area contributed by atoms with Gasteiger partial charge in [-0.3, -0.25) is 9.63 Å². The molecule has 4 nitrogen and oxygen atoms in total.